The van der Waals surface area contributed by atoms with Crippen LogP contribution in [0, 0.1) is 0 Å². The van der Waals surface area contributed by atoms with Crippen molar-refractivity contribution in [2.45, 2.75) is 37.5 Å². The summed E-state index contributed by atoms with van der Waals surface area (Å²) in [5, 5.41) is 3.01. The first-order valence-electron chi connectivity index (χ1n) is 9.86. The van der Waals surface area contributed by atoms with Crippen molar-refractivity contribution in [3.8, 4) is 0 Å². The van der Waals surface area contributed by atoms with E-state index in [-0.39, 0.29) is 23.0 Å². The summed E-state index contributed by atoms with van der Waals surface area (Å²) in [5.74, 6) is -0.266. The highest BCUT2D eigenvalue weighted by molar-refractivity contribution is 7.89. The van der Waals surface area contributed by atoms with E-state index in [2.05, 4.69) is 5.32 Å². The lowest BCUT2D eigenvalue weighted by Crippen LogP contribution is -2.32. The quantitative estimate of drug-likeness (QED) is 0.698. The molecule has 0 spiro atoms. The molecule has 6 nitrogen and oxygen atoms in total. The second-order valence-corrected chi connectivity index (χ2v) is 9.20. The summed E-state index contributed by atoms with van der Waals surface area (Å²) in [6, 6.07) is 13.2. The van der Waals surface area contributed by atoms with E-state index in [4.69, 9.17) is 0 Å². The molecule has 2 aromatic rings. The Balaban J connectivity index is 1.72. The standard InChI is InChI=1S/C22H26N2O4S/c1-17(25)18-8-6-10-20(14-18)23-16-22(26)19-9-7-11-21(15-19)29(27,28)24-12-4-2-3-5-13-24/h6-11,14-15,23H,2-5,12-13,16H2,1H3. The third-order valence-corrected chi connectivity index (χ3v) is 6.98. The average Bonchev–Trinajstić information content (AvgIpc) is 3.02. The van der Waals surface area contributed by atoms with Gasteiger partial charge in [0.1, 0.15) is 0 Å². The molecule has 1 aliphatic heterocycles. The molecule has 3 rings (SSSR count). The van der Waals surface area contributed by atoms with Crippen LogP contribution in [0.1, 0.15) is 53.3 Å². The fourth-order valence-corrected chi connectivity index (χ4v) is 4.96. The lowest BCUT2D eigenvalue weighted by Gasteiger charge is -2.20. The molecule has 0 saturated carbocycles. The first kappa shape index (κ1) is 21.2. The molecule has 0 bridgehead atoms. The fourth-order valence-electron chi connectivity index (χ4n) is 3.39. The lowest BCUT2D eigenvalue weighted by atomic mass is 10.1. The zero-order valence-corrected chi connectivity index (χ0v) is 17.4. The monoisotopic (exact) mass is 414 g/mol. The van der Waals surface area contributed by atoms with Gasteiger partial charge in [-0.3, -0.25) is 9.59 Å². The summed E-state index contributed by atoms with van der Waals surface area (Å²) in [6.07, 6.45) is 3.81. The number of nitrogens with one attached hydrogen (secondary N) is 1. The van der Waals surface area contributed by atoms with Gasteiger partial charge >= 0.3 is 0 Å². The number of nitrogens with zero attached hydrogens (tertiary/aromatic N) is 1. The number of ketones is 2. The first-order chi connectivity index (χ1) is 13.9. The molecule has 1 saturated heterocycles. The molecule has 7 heteroatoms. The Bertz CT molecular complexity index is 993. The van der Waals surface area contributed by atoms with Gasteiger partial charge in [0.2, 0.25) is 10.0 Å². The SMILES string of the molecule is CC(=O)c1cccc(NCC(=O)c2cccc(S(=O)(=O)N3CCCCCC3)c2)c1. The average molecular weight is 415 g/mol. The summed E-state index contributed by atoms with van der Waals surface area (Å²) in [6.45, 7) is 2.54. The third kappa shape index (κ3) is 5.31. The maximum absolute atomic E-state index is 13.0. The number of carbonyl (C=O) groups is 2. The highest BCUT2D eigenvalue weighted by Crippen LogP contribution is 2.21. The first-order valence-corrected chi connectivity index (χ1v) is 11.3. The summed E-state index contributed by atoms with van der Waals surface area (Å²) >= 11 is 0. The van der Waals surface area contributed by atoms with Crippen molar-refractivity contribution in [1.82, 2.24) is 4.31 Å². The molecule has 0 unspecified atom stereocenters. The van der Waals surface area contributed by atoms with Crippen LogP contribution in [0.5, 0.6) is 0 Å². The number of Topliss-reactive ketones (excluding diaryl/α,β-unsaturated/α-hetero) is 2. The van der Waals surface area contributed by atoms with E-state index < -0.39 is 10.0 Å². The second-order valence-electron chi connectivity index (χ2n) is 7.26. The van der Waals surface area contributed by atoms with E-state index in [0.29, 0.717) is 29.9 Å². The number of hydrogen-bond donors (Lipinski definition) is 1. The van der Waals surface area contributed by atoms with Crippen LogP contribution in [0.4, 0.5) is 5.69 Å². The molecule has 0 aliphatic carbocycles. The molecule has 0 radical (unpaired) electrons. The van der Waals surface area contributed by atoms with E-state index in [1.165, 1.54) is 17.3 Å². The van der Waals surface area contributed by atoms with Crippen LogP contribution in [-0.4, -0.2) is 43.9 Å². The van der Waals surface area contributed by atoms with Gasteiger partial charge in [0, 0.05) is 29.9 Å². The van der Waals surface area contributed by atoms with Crippen molar-refractivity contribution in [1.29, 1.82) is 0 Å². The van der Waals surface area contributed by atoms with Crippen LogP contribution >= 0.6 is 0 Å². The van der Waals surface area contributed by atoms with E-state index in [1.807, 2.05) is 0 Å². The van der Waals surface area contributed by atoms with Crippen LogP contribution in [0.15, 0.2) is 53.4 Å². The van der Waals surface area contributed by atoms with Crippen molar-refractivity contribution >= 4 is 27.3 Å². The van der Waals surface area contributed by atoms with Gasteiger partial charge in [-0.15, -0.1) is 0 Å². The number of hydrogen-bond acceptors (Lipinski definition) is 5. The van der Waals surface area contributed by atoms with Crippen LogP contribution in [0.25, 0.3) is 0 Å². The van der Waals surface area contributed by atoms with Crippen LogP contribution < -0.4 is 5.32 Å². The minimum atomic E-state index is -3.60. The molecule has 1 fully saturated rings. The van der Waals surface area contributed by atoms with E-state index in [1.54, 1.807) is 42.5 Å². The minimum absolute atomic E-state index is 0.00851. The molecule has 1 N–H and O–H groups in total. The van der Waals surface area contributed by atoms with Gasteiger partial charge in [-0.25, -0.2) is 8.42 Å². The molecular weight excluding hydrogens is 388 g/mol. The van der Waals surface area contributed by atoms with Crippen LogP contribution in [0.2, 0.25) is 0 Å². The highest BCUT2D eigenvalue weighted by atomic mass is 32.2. The number of benzene rings is 2. The minimum Gasteiger partial charge on any atom is -0.378 e. The Morgan fingerprint density at radius 1 is 0.931 bits per heavy atom. The van der Waals surface area contributed by atoms with Crippen LogP contribution in [-0.2, 0) is 10.0 Å². The lowest BCUT2D eigenvalue weighted by molar-refractivity contribution is 0.100. The van der Waals surface area contributed by atoms with Gasteiger partial charge in [-0.1, -0.05) is 37.1 Å². The summed E-state index contributed by atoms with van der Waals surface area (Å²) in [5.41, 5.74) is 1.57. The summed E-state index contributed by atoms with van der Waals surface area (Å²) in [7, 11) is -3.60. The largest absolute Gasteiger partial charge is 0.378 e. The molecule has 0 aromatic heterocycles. The van der Waals surface area contributed by atoms with Gasteiger partial charge in [0.15, 0.2) is 11.6 Å². The molecule has 2 aromatic carbocycles. The Morgan fingerprint density at radius 3 is 2.28 bits per heavy atom. The van der Waals surface area contributed by atoms with Gasteiger partial charge in [0.05, 0.1) is 11.4 Å². The van der Waals surface area contributed by atoms with E-state index >= 15 is 0 Å². The molecule has 0 amide bonds. The molecule has 154 valence electrons. The highest BCUT2D eigenvalue weighted by Gasteiger charge is 2.25. The molecule has 1 heterocycles. The third-order valence-electron chi connectivity index (χ3n) is 5.08. The van der Waals surface area contributed by atoms with Gasteiger partial charge < -0.3 is 5.32 Å². The van der Waals surface area contributed by atoms with Crippen molar-refractivity contribution in [2.24, 2.45) is 0 Å². The predicted molar refractivity (Wildman–Crippen MR) is 113 cm³/mol. The number of anilines is 1. The molecule has 0 atom stereocenters. The normalized spacial score (nSPS) is 15.5. The Labute approximate surface area is 172 Å². The summed E-state index contributed by atoms with van der Waals surface area (Å²) < 4.78 is 27.4. The van der Waals surface area contributed by atoms with Crippen molar-refractivity contribution < 1.29 is 18.0 Å². The number of carbonyl (C=O) groups excluding carboxylic acids is 2. The predicted octanol–water partition coefficient (Wildman–Crippen LogP) is 3.75. The smallest absolute Gasteiger partial charge is 0.243 e. The van der Waals surface area contributed by atoms with Gasteiger partial charge in [0.25, 0.3) is 0 Å². The zero-order valence-electron chi connectivity index (χ0n) is 16.6. The van der Waals surface area contributed by atoms with Gasteiger partial charge in [-0.2, -0.15) is 4.31 Å². The topological polar surface area (TPSA) is 83.5 Å². The van der Waals surface area contributed by atoms with E-state index in [9.17, 15) is 18.0 Å². The van der Waals surface area contributed by atoms with Crippen molar-refractivity contribution in [2.75, 3.05) is 25.0 Å². The Morgan fingerprint density at radius 2 is 1.59 bits per heavy atom. The van der Waals surface area contributed by atoms with Crippen molar-refractivity contribution in [3.05, 3.63) is 59.7 Å². The second kappa shape index (κ2) is 9.33. The maximum Gasteiger partial charge on any atom is 0.243 e. The maximum atomic E-state index is 13.0. The fraction of sp³-hybridized carbons (Fsp3) is 0.364. The van der Waals surface area contributed by atoms with Crippen molar-refractivity contribution in [3.63, 3.8) is 0 Å². The zero-order chi connectivity index (χ0) is 20.9. The molecule has 1 aliphatic rings. The molecule has 29 heavy (non-hydrogen) atoms. The van der Waals surface area contributed by atoms with E-state index in [0.717, 1.165) is 25.7 Å². The van der Waals surface area contributed by atoms with Crippen LogP contribution in [0.3, 0.4) is 0 Å². The van der Waals surface area contributed by atoms with Gasteiger partial charge in [-0.05, 0) is 44.0 Å². The number of sulfonamides is 1. The number of rotatable bonds is 7. The Kier molecular flexibility index (Phi) is 6.82. The molecular formula is C22H26N2O4S. The Hall–Kier alpha value is -2.51. The summed E-state index contributed by atoms with van der Waals surface area (Å²) in [4.78, 5) is 24.3.